The van der Waals surface area contributed by atoms with E-state index in [1.54, 1.807) is 0 Å². The average molecular weight is 277 g/mol. The van der Waals surface area contributed by atoms with Crippen molar-refractivity contribution in [1.82, 2.24) is 10.2 Å². The molecule has 0 aliphatic carbocycles. The summed E-state index contributed by atoms with van der Waals surface area (Å²) in [6.45, 7) is 5.39. The lowest BCUT2D eigenvalue weighted by atomic mass is 9.96. The molecule has 1 amide bonds. The molecular formula is C16H27N3O. The molecule has 1 rings (SSSR count). The highest BCUT2D eigenvalue weighted by atomic mass is 16.2. The van der Waals surface area contributed by atoms with Crippen molar-refractivity contribution < 1.29 is 4.79 Å². The molecule has 2 atom stereocenters. The van der Waals surface area contributed by atoms with Crippen LogP contribution >= 0.6 is 0 Å². The Morgan fingerprint density at radius 3 is 2.30 bits per heavy atom. The largest absolute Gasteiger partial charge is 0.351 e. The first-order valence-corrected chi connectivity index (χ1v) is 7.15. The standard InChI is InChI=1S/C16H27N3O/c1-12(2)15(11-19(3)4)18-16(20)14(10-17)13-8-6-5-7-9-13/h5-9,12,14-15H,10-11,17H2,1-4H3,(H,18,20). The molecule has 4 nitrogen and oxygen atoms in total. The first-order chi connectivity index (χ1) is 9.45. The van der Waals surface area contributed by atoms with Crippen LogP contribution in [0, 0.1) is 5.92 Å². The Kier molecular flexibility index (Phi) is 6.68. The molecule has 20 heavy (non-hydrogen) atoms. The number of nitrogens with zero attached hydrogens (tertiary/aromatic N) is 1. The van der Waals surface area contributed by atoms with E-state index in [1.165, 1.54) is 0 Å². The van der Waals surface area contributed by atoms with Gasteiger partial charge in [0.1, 0.15) is 0 Å². The first-order valence-electron chi connectivity index (χ1n) is 7.15. The summed E-state index contributed by atoms with van der Waals surface area (Å²) < 4.78 is 0. The molecule has 1 aromatic rings. The molecule has 0 saturated carbocycles. The van der Waals surface area contributed by atoms with E-state index in [2.05, 4.69) is 24.1 Å². The molecule has 0 aliphatic rings. The quantitative estimate of drug-likeness (QED) is 0.793. The number of hydrogen-bond donors (Lipinski definition) is 2. The zero-order valence-corrected chi connectivity index (χ0v) is 13.0. The number of likely N-dealkylation sites (N-methyl/N-ethyl adjacent to an activating group) is 1. The van der Waals surface area contributed by atoms with Crippen LogP contribution in [0.15, 0.2) is 30.3 Å². The number of benzene rings is 1. The highest BCUT2D eigenvalue weighted by Crippen LogP contribution is 2.15. The molecular weight excluding hydrogens is 250 g/mol. The molecule has 4 heteroatoms. The molecule has 0 bridgehead atoms. The summed E-state index contributed by atoms with van der Waals surface area (Å²) in [5.74, 6) is 0.120. The van der Waals surface area contributed by atoms with Gasteiger partial charge in [0.25, 0.3) is 0 Å². The second-order valence-electron chi connectivity index (χ2n) is 5.82. The molecule has 0 radical (unpaired) electrons. The molecule has 0 spiro atoms. The Labute approximate surface area is 122 Å². The van der Waals surface area contributed by atoms with Crippen LogP contribution in [0.4, 0.5) is 0 Å². The summed E-state index contributed by atoms with van der Waals surface area (Å²) in [6, 6.07) is 9.85. The van der Waals surface area contributed by atoms with E-state index >= 15 is 0 Å². The third-order valence-electron chi connectivity index (χ3n) is 3.45. The SMILES string of the molecule is CC(C)C(CN(C)C)NC(=O)C(CN)c1ccccc1. The summed E-state index contributed by atoms with van der Waals surface area (Å²) >= 11 is 0. The van der Waals surface area contributed by atoms with Gasteiger partial charge in [-0.2, -0.15) is 0 Å². The van der Waals surface area contributed by atoms with Crippen LogP contribution in [-0.4, -0.2) is 44.0 Å². The number of nitrogens with one attached hydrogen (secondary N) is 1. The van der Waals surface area contributed by atoms with Crippen LogP contribution in [0.3, 0.4) is 0 Å². The van der Waals surface area contributed by atoms with E-state index in [1.807, 2.05) is 44.4 Å². The Hall–Kier alpha value is -1.39. The maximum absolute atomic E-state index is 12.5. The fourth-order valence-electron chi connectivity index (χ4n) is 2.18. The lowest BCUT2D eigenvalue weighted by molar-refractivity contribution is -0.123. The molecule has 1 aromatic carbocycles. The van der Waals surface area contributed by atoms with Gasteiger partial charge in [-0.25, -0.2) is 0 Å². The minimum Gasteiger partial charge on any atom is -0.351 e. The van der Waals surface area contributed by atoms with E-state index in [0.717, 1.165) is 12.1 Å². The Balaban J connectivity index is 2.76. The molecule has 112 valence electrons. The summed E-state index contributed by atoms with van der Waals surface area (Å²) in [5, 5.41) is 3.14. The number of hydrogen-bond acceptors (Lipinski definition) is 3. The van der Waals surface area contributed by atoms with Gasteiger partial charge in [0.2, 0.25) is 5.91 Å². The van der Waals surface area contributed by atoms with E-state index < -0.39 is 0 Å². The van der Waals surface area contributed by atoms with Gasteiger partial charge in [0, 0.05) is 19.1 Å². The predicted molar refractivity (Wildman–Crippen MR) is 83.6 cm³/mol. The minimum atomic E-state index is -0.278. The minimum absolute atomic E-state index is 0.0132. The summed E-state index contributed by atoms with van der Waals surface area (Å²) in [5.41, 5.74) is 6.76. The van der Waals surface area contributed by atoms with Gasteiger partial charge in [-0.05, 0) is 25.6 Å². The number of carbonyl (C=O) groups is 1. The predicted octanol–water partition coefficient (Wildman–Crippen LogP) is 1.43. The summed E-state index contributed by atoms with van der Waals surface area (Å²) in [7, 11) is 4.03. The number of amides is 1. The molecule has 3 N–H and O–H groups in total. The van der Waals surface area contributed by atoms with Crippen LogP contribution in [0.1, 0.15) is 25.3 Å². The Bertz CT molecular complexity index is 403. The third kappa shape index (κ3) is 4.94. The van der Waals surface area contributed by atoms with Crippen LogP contribution in [-0.2, 0) is 4.79 Å². The smallest absolute Gasteiger partial charge is 0.229 e. The summed E-state index contributed by atoms with van der Waals surface area (Å²) in [4.78, 5) is 14.5. The fourth-order valence-corrected chi connectivity index (χ4v) is 2.18. The van der Waals surface area contributed by atoms with E-state index in [4.69, 9.17) is 5.73 Å². The van der Waals surface area contributed by atoms with Gasteiger partial charge in [0.05, 0.1) is 5.92 Å². The number of nitrogens with two attached hydrogens (primary N) is 1. The first kappa shape index (κ1) is 16.7. The van der Waals surface area contributed by atoms with Crippen molar-refractivity contribution in [1.29, 1.82) is 0 Å². The maximum Gasteiger partial charge on any atom is 0.229 e. The van der Waals surface area contributed by atoms with E-state index in [-0.39, 0.29) is 17.9 Å². The van der Waals surface area contributed by atoms with Gasteiger partial charge in [0.15, 0.2) is 0 Å². The van der Waals surface area contributed by atoms with Crippen LogP contribution in [0.25, 0.3) is 0 Å². The van der Waals surface area contributed by atoms with Gasteiger partial charge >= 0.3 is 0 Å². The second-order valence-corrected chi connectivity index (χ2v) is 5.82. The zero-order chi connectivity index (χ0) is 15.1. The molecule has 0 fully saturated rings. The topological polar surface area (TPSA) is 58.4 Å². The van der Waals surface area contributed by atoms with Gasteiger partial charge < -0.3 is 16.0 Å². The molecule has 0 aliphatic heterocycles. The van der Waals surface area contributed by atoms with E-state index in [9.17, 15) is 4.79 Å². The third-order valence-corrected chi connectivity index (χ3v) is 3.45. The highest BCUT2D eigenvalue weighted by molar-refractivity contribution is 5.84. The van der Waals surface area contributed by atoms with Crippen molar-refractivity contribution in [2.75, 3.05) is 27.2 Å². The van der Waals surface area contributed by atoms with Crippen molar-refractivity contribution >= 4 is 5.91 Å². The van der Waals surface area contributed by atoms with Crippen molar-refractivity contribution in [3.05, 3.63) is 35.9 Å². The van der Waals surface area contributed by atoms with Crippen molar-refractivity contribution in [2.45, 2.75) is 25.8 Å². The number of rotatable bonds is 7. The summed E-state index contributed by atoms with van der Waals surface area (Å²) in [6.07, 6.45) is 0. The van der Waals surface area contributed by atoms with Crippen LogP contribution in [0.5, 0.6) is 0 Å². The highest BCUT2D eigenvalue weighted by Gasteiger charge is 2.23. The molecule has 0 aromatic heterocycles. The van der Waals surface area contributed by atoms with Crippen LogP contribution in [0.2, 0.25) is 0 Å². The lowest BCUT2D eigenvalue weighted by Crippen LogP contribution is -2.47. The Morgan fingerprint density at radius 1 is 1.25 bits per heavy atom. The van der Waals surface area contributed by atoms with Gasteiger partial charge in [-0.1, -0.05) is 44.2 Å². The number of carbonyl (C=O) groups excluding carboxylic acids is 1. The fraction of sp³-hybridized carbons (Fsp3) is 0.562. The lowest BCUT2D eigenvalue weighted by Gasteiger charge is -2.27. The Morgan fingerprint density at radius 2 is 1.85 bits per heavy atom. The van der Waals surface area contributed by atoms with Crippen LogP contribution < -0.4 is 11.1 Å². The zero-order valence-electron chi connectivity index (χ0n) is 13.0. The second kappa shape index (κ2) is 8.02. The average Bonchev–Trinajstić information content (AvgIpc) is 2.39. The van der Waals surface area contributed by atoms with Crippen molar-refractivity contribution in [2.24, 2.45) is 11.7 Å². The maximum atomic E-state index is 12.5. The molecule has 0 heterocycles. The van der Waals surface area contributed by atoms with E-state index in [0.29, 0.717) is 12.5 Å². The molecule has 0 saturated heterocycles. The van der Waals surface area contributed by atoms with Crippen molar-refractivity contribution in [3.63, 3.8) is 0 Å². The normalized spacial score (nSPS) is 14.3. The molecule has 2 unspecified atom stereocenters. The van der Waals surface area contributed by atoms with Crippen molar-refractivity contribution in [3.8, 4) is 0 Å². The van der Waals surface area contributed by atoms with Gasteiger partial charge in [-0.3, -0.25) is 4.79 Å². The monoisotopic (exact) mass is 277 g/mol. The van der Waals surface area contributed by atoms with Gasteiger partial charge in [-0.15, -0.1) is 0 Å².